The Labute approximate surface area is 211 Å². The molecule has 0 unspecified atom stereocenters. The molecule has 8 nitrogen and oxygen atoms in total. The van der Waals surface area contributed by atoms with Gasteiger partial charge < -0.3 is 9.72 Å². The number of hydrogen-bond acceptors (Lipinski definition) is 6. The Balaban J connectivity index is 1.52. The highest BCUT2D eigenvalue weighted by Gasteiger charge is 2.07. The molecule has 5 rings (SSSR count). The van der Waals surface area contributed by atoms with E-state index in [2.05, 4.69) is 19.9 Å². The minimum atomic E-state index is -0.374. The monoisotopic (exact) mass is 489 g/mol. The lowest BCUT2D eigenvalue weighted by Crippen LogP contribution is -2.53. The predicted octanol–water partition coefficient (Wildman–Crippen LogP) is 2.01. The van der Waals surface area contributed by atoms with Crippen LogP contribution < -0.4 is 26.6 Å². The molecule has 4 heterocycles. The number of pyridine rings is 3. The summed E-state index contributed by atoms with van der Waals surface area (Å²) in [7, 11) is 0. The molecule has 0 radical (unpaired) electrons. The maximum absolute atomic E-state index is 13.5. The predicted molar refractivity (Wildman–Crippen MR) is 140 cm³/mol. The number of nitrogens with one attached hydrogen (secondary N) is 1. The molecule has 182 valence electrons. The molecular weight excluding hydrogens is 466 g/mol. The van der Waals surface area contributed by atoms with E-state index in [4.69, 9.17) is 4.74 Å². The van der Waals surface area contributed by atoms with Crippen LogP contribution in [-0.2, 0) is 13.2 Å². The Kier molecular flexibility index (Phi) is 7.08. The summed E-state index contributed by atoms with van der Waals surface area (Å²) in [5, 5.41) is 0.403. The first-order chi connectivity index (χ1) is 18.2. The third kappa shape index (κ3) is 5.94. The summed E-state index contributed by atoms with van der Waals surface area (Å²) in [6.45, 7) is 0.611. The lowest BCUT2D eigenvalue weighted by Gasteiger charge is -2.08. The Bertz CT molecular complexity index is 1720. The van der Waals surface area contributed by atoms with Gasteiger partial charge in [0.15, 0.2) is 0 Å². The quantitative estimate of drug-likeness (QED) is 0.375. The number of nitrogens with zero attached hydrogens (tertiary/aromatic N) is 4. The highest BCUT2D eigenvalue weighted by molar-refractivity contribution is 5.48. The van der Waals surface area contributed by atoms with Crippen LogP contribution in [0, 0.1) is 0 Å². The van der Waals surface area contributed by atoms with Crippen molar-refractivity contribution in [1.29, 1.82) is 0 Å². The SMILES string of the molecule is O=c1[nH]c(=Cc2ccc(OCc3ccncc3)cn2)c(=O)n(Cc2ccncc2)c1=Cc1ccccc1. The number of aromatic nitrogens is 5. The zero-order valence-electron chi connectivity index (χ0n) is 19.8. The molecule has 0 saturated carbocycles. The van der Waals surface area contributed by atoms with Crippen molar-refractivity contribution in [1.82, 2.24) is 24.5 Å². The normalized spacial score (nSPS) is 12.0. The van der Waals surface area contributed by atoms with Crippen molar-refractivity contribution in [2.75, 3.05) is 0 Å². The molecule has 0 spiro atoms. The van der Waals surface area contributed by atoms with Gasteiger partial charge in [-0.2, -0.15) is 0 Å². The van der Waals surface area contributed by atoms with Gasteiger partial charge in [0.25, 0.3) is 11.1 Å². The number of H-pyrrole nitrogens is 1. The molecule has 0 aliphatic carbocycles. The van der Waals surface area contributed by atoms with Crippen LogP contribution in [-0.4, -0.2) is 24.5 Å². The maximum Gasteiger partial charge on any atom is 0.275 e. The highest BCUT2D eigenvalue weighted by atomic mass is 16.5. The lowest BCUT2D eigenvalue weighted by atomic mass is 10.2. The van der Waals surface area contributed by atoms with Gasteiger partial charge in [0, 0.05) is 24.8 Å². The van der Waals surface area contributed by atoms with Gasteiger partial charge in [-0.05, 0) is 65.2 Å². The second-order valence-electron chi connectivity index (χ2n) is 8.26. The Morgan fingerprint density at radius 3 is 2.19 bits per heavy atom. The van der Waals surface area contributed by atoms with Crippen LogP contribution in [0.1, 0.15) is 22.4 Å². The van der Waals surface area contributed by atoms with Gasteiger partial charge in [0.1, 0.15) is 23.1 Å². The smallest absolute Gasteiger partial charge is 0.275 e. The fourth-order valence-electron chi connectivity index (χ4n) is 3.75. The minimum Gasteiger partial charge on any atom is -0.487 e. The van der Waals surface area contributed by atoms with Crippen molar-refractivity contribution < 1.29 is 4.74 Å². The second kappa shape index (κ2) is 11.1. The molecular formula is C29H23N5O3. The molecule has 37 heavy (non-hydrogen) atoms. The van der Waals surface area contributed by atoms with Crippen LogP contribution in [0.25, 0.3) is 12.2 Å². The van der Waals surface area contributed by atoms with Gasteiger partial charge in [-0.25, -0.2) is 0 Å². The molecule has 0 aliphatic heterocycles. The van der Waals surface area contributed by atoms with E-state index in [9.17, 15) is 9.59 Å². The van der Waals surface area contributed by atoms with E-state index in [1.165, 1.54) is 4.57 Å². The van der Waals surface area contributed by atoms with E-state index < -0.39 is 0 Å². The third-order valence-corrected chi connectivity index (χ3v) is 5.65. The van der Waals surface area contributed by atoms with E-state index in [-0.39, 0.29) is 28.4 Å². The minimum absolute atomic E-state index is 0.141. The van der Waals surface area contributed by atoms with Gasteiger partial charge in [-0.3, -0.25) is 29.1 Å². The number of ether oxygens (including phenoxy) is 1. The van der Waals surface area contributed by atoms with Crippen molar-refractivity contribution >= 4 is 12.2 Å². The second-order valence-corrected chi connectivity index (χ2v) is 8.26. The van der Waals surface area contributed by atoms with Crippen molar-refractivity contribution in [2.45, 2.75) is 13.2 Å². The zero-order chi connectivity index (χ0) is 25.5. The van der Waals surface area contributed by atoms with E-state index in [0.717, 1.165) is 16.7 Å². The van der Waals surface area contributed by atoms with Gasteiger partial charge >= 0.3 is 0 Å². The molecule has 0 amide bonds. The van der Waals surface area contributed by atoms with Crippen LogP contribution in [0.5, 0.6) is 5.75 Å². The van der Waals surface area contributed by atoms with Crippen LogP contribution in [0.3, 0.4) is 0 Å². The van der Waals surface area contributed by atoms with Gasteiger partial charge in [-0.1, -0.05) is 30.3 Å². The molecule has 0 saturated heterocycles. The first kappa shape index (κ1) is 23.6. The summed E-state index contributed by atoms with van der Waals surface area (Å²) in [5.74, 6) is 0.588. The Morgan fingerprint density at radius 2 is 1.51 bits per heavy atom. The van der Waals surface area contributed by atoms with Gasteiger partial charge in [0.05, 0.1) is 18.4 Å². The molecule has 0 atom stereocenters. The lowest BCUT2D eigenvalue weighted by molar-refractivity contribution is 0.305. The Morgan fingerprint density at radius 1 is 0.811 bits per heavy atom. The van der Waals surface area contributed by atoms with Crippen molar-refractivity contribution in [3.05, 3.63) is 152 Å². The standard InChI is InChI=1S/C29H23N5O3/c35-28-27(16-21-4-2-1-3-5-21)34(19-22-8-12-30-13-9-22)29(36)26(33-28)17-24-6-7-25(18-32-24)37-20-23-10-14-31-15-11-23/h1-18H,19-20H2,(H,33,35). The molecule has 4 aromatic heterocycles. The van der Waals surface area contributed by atoms with Crippen LogP contribution in [0.4, 0.5) is 0 Å². The number of rotatable bonds is 7. The van der Waals surface area contributed by atoms with Crippen molar-refractivity contribution in [3.8, 4) is 5.75 Å². The molecule has 1 aromatic carbocycles. The van der Waals surface area contributed by atoms with E-state index in [1.54, 1.807) is 55.3 Å². The highest BCUT2D eigenvalue weighted by Crippen LogP contribution is 2.11. The molecule has 0 fully saturated rings. The van der Waals surface area contributed by atoms with Crippen molar-refractivity contribution in [2.24, 2.45) is 0 Å². The van der Waals surface area contributed by atoms with Gasteiger partial charge in [0.2, 0.25) is 0 Å². The number of benzene rings is 1. The topological polar surface area (TPSA) is 103 Å². The fraction of sp³-hybridized carbons (Fsp3) is 0.0690. The van der Waals surface area contributed by atoms with Crippen LogP contribution in [0.15, 0.2) is 107 Å². The molecule has 0 aliphatic rings. The van der Waals surface area contributed by atoms with E-state index in [0.29, 0.717) is 18.1 Å². The zero-order valence-corrected chi connectivity index (χ0v) is 19.8. The summed E-state index contributed by atoms with van der Waals surface area (Å²) in [6, 6.07) is 20.3. The summed E-state index contributed by atoms with van der Waals surface area (Å²) in [5.41, 5.74) is 2.46. The largest absolute Gasteiger partial charge is 0.487 e. The summed E-state index contributed by atoms with van der Waals surface area (Å²) < 4.78 is 7.23. The first-order valence-corrected chi connectivity index (χ1v) is 11.6. The van der Waals surface area contributed by atoms with Crippen LogP contribution in [0.2, 0.25) is 0 Å². The summed E-state index contributed by atoms with van der Waals surface area (Å²) in [6.07, 6.45) is 11.6. The molecule has 8 heteroatoms. The summed E-state index contributed by atoms with van der Waals surface area (Å²) >= 11 is 0. The van der Waals surface area contributed by atoms with E-state index >= 15 is 0 Å². The molecule has 0 bridgehead atoms. The maximum atomic E-state index is 13.5. The Hall–Kier alpha value is -5.11. The average Bonchev–Trinajstić information content (AvgIpc) is 2.95. The molecule has 1 N–H and O–H groups in total. The first-order valence-electron chi connectivity index (χ1n) is 11.6. The number of hydrogen-bond donors (Lipinski definition) is 1. The third-order valence-electron chi connectivity index (χ3n) is 5.65. The van der Waals surface area contributed by atoms with E-state index in [1.807, 2.05) is 54.6 Å². The van der Waals surface area contributed by atoms with Crippen molar-refractivity contribution in [3.63, 3.8) is 0 Å². The fourth-order valence-corrected chi connectivity index (χ4v) is 3.75. The summed E-state index contributed by atoms with van der Waals surface area (Å²) in [4.78, 5) is 41.8. The average molecular weight is 490 g/mol. The van der Waals surface area contributed by atoms with Gasteiger partial charge in [-0.15, -0.1) is 0 Å². The molecule has 5 aromatic rings. The number of aromatic amines is 1. The van der Waals surface area contributed by atoms with Crippen LogP contribution >= 0.6 is 0 Å².